The summed E-state index contributed by atoms with van der Waals surface area (Å²) in [4.78, 5) is 22.6. The summed E-state index contributed by atoms with van der Waals surface area (Å²) < 4.78 is 0. The van der Waals surface area contributed by atoms with E-state index >= 15 is 0 Å². The van der Waals surface area contributed by atoms with Crippen molar-refractivity contribution >= 4 is 23.1 Å². The van der Waals surface area contributed by atoms with Crippen molar-refractivity contribution in [2.24, 2.45) is 5.92 Å². The second kappa shape index (κ2) is 6.32. The monoisotopic (exact) mass is 308 g/mol. The Labute approximate surface area is 130 Å². The van der Waals surface area contributed by atoms with E-state index in [1.54, 1.807) is 11.3 Å². The van der Waals surface area contributed by atoms with Gasteiger partial charge < -0.3 is 15.1 Å². The first kappa shape index (κ1) is 14.8. The third kappa shape index (κ3) is 3.74. The zero-order chi connectivity index (χ0) is 14.8. The number of hydrogen-bond donors (Lipinski definition) is 1. The van der Waals surface area contributed by atoms with Crippen LogP contribution in [-0.2, 0) is 6.42 Å². The molecular weight excluding hydrogens is 284 g/mol. The molecule has 1 fully saturated rings. The smallest absolute Gasteiger partial charge is 0.280 e. The van der Waals surface area contributed by atoms with E-state index in [9.17, 15) is 4.79 Å². The Morgan fingerprint density at radius 1 is 1.48 bits per heavy atom. The SMILES string of the molecule is CN(C)CCNC(=O)c1nc2c(s1)CCCN2CC1CC1. The lowest BCUT2D eigenvalue weighted by molar-refractivity contribution is 0.0950. The number of hydrogen-bond acceptors (Lipinski definition) is 5. The zero-order valence-corrected chi connectivity index (χ0v) is 13.7. The van der Waals surface area contributed by atoms with Crippen molar-refractivity contribution in [2.75, 3.05) is 45.2 Å². The summed E-state index contributed by atoms with van der Waals surface area (Å²) in [6, 6.07) is 0. The van der Waals surface area contributed by atoms with Crippen LogP contribution < -0.4 is 10.2 Å². The molecule has 0 bridgehead atoms. The summed E-state index contributed by atoms with van der Waals surface area (Å²) in [7, 11) is 4.01. The van der Waals surface area contributed by atoms with Crippen molar-refractivity contribution < 1.29 is 4.79 Å². The molecule has 3 rings (SSSR count). The van der Waals surface area contributed by atoms with Gasteiger partial charge in [0.2, 0.25) is 0 Å². The molecule has 0 aromatic carbocycles. The van der Waals surface area contributed by atoms with E-state index in [0.717, 1.165) is 37.8 Å². The number of thiazole rings is 1. The third-order valence-corrected chi connectivity index (χ3v) is 5.13. The highest BCUT2D eigenvalue weighted by Gasteiger charge is 2.29. The largest absolute Gasteiger partial charge is 0.355 e. The van der Waals surface area contributed by atoms with E-state index in [0.29, 0.717) is 11.6 Å². The number of aryl methyl sites for hydroxylation is 1. The Kier molecular flexibility index (Phi) is 4.45. The number of amides is 1. The van der Waals surface area contributed by atoms with Crippen molar-refractivity contribution in [3.8, 4) is 0 Å². The predicted octanol–water partition coefficient (Wildman–Crippen LogP) is 1.60. The highest BCUT2D eigenvalue weighted by molar-refractivity contribution is 7.14. The van der Waals surface area contributed by atoms with Crippen molar-refractivity contribution in [3.05, 3.63) is 9.88 Å². The highest BCUT2D eigenvalue weighted by Crippen LogP contribution is 2.36. The average molecular weight is 308 g/mol. The fourth-order valence-electron chi connectivity index (χ4n) is 2.65. The molecule has 1 saturated carbocycles. The third-order valence-electron chi connectivity index (χ3n) is 4.02. The average Bonchev–Trinajstić information content (AvgIpc) is 3.14. The summed E-state index contributed by atoms with van der Waals surface area (Å²) >= 11 is 1.58. The molecule has 1 aromatic heterocycles. The van der Waals surface area contributed by atoms with Gasteiger partial charge in [-0.3, -0.25) is 4.79 Å². The summed E-state index contributed by atoms with van der Waals surface area (Å²) in [5.74, 6) is 1.91. The molecular formula is C15H24N4OS. The lowest BCUT2D eigenvalue weighted by Crippen LogP contribution is -2.32. The lowest BCUT2D eigenvalue weighted by atomic mass is 10.1. The van der Waals surface area contributed by atoms with Gasteiger partial charge in [-0.25, -0.2) is 4.98 Å². The fraction of sp³-hybridized carbons (Fsp3) is 0.733. The molecule has 0 atom stereocenters. The summed E-state index contributed by atoms with van der Waals surface area (Å²) in [6.07, 6.45) is 4.96. The molecule has 1 N–H and O–H groups in total. The normalized spacial score (nSPS) is 18.0. The number of carbonyl (C=O) groups is 1. The van der Waals surface area contributed by atoms with Crippen LogP contribution in [0.4, 0.5) is 5.82 Å². The molecule has 2 heterocycles. The maximum absolute atomic E-state index is 12.2. The number of aromatic nitrogens is 1. The van der Waals surface area contributed by atoms with Crippen LogP contribution in [0.3, 0.4) is 0 Å². The van der Waals surface area contributed by atoms with Gasteiger partial charge in [0.1, 0.15) is 5.82 Å². The summed E-state index contributed by atoms with van der Waals surface area (Å²) in [6.45, 7) is 3.74. The Morgan fingerprint density at radius 3 is 3.00 bits per heavy atom. The number of anilines is 1. The Bertz CT molecular complexity index is 510. The van der Waals surface area contributed by atoms with Gasteiger partial charge in [-0.05, 0) is 45.7 Å². The van der Waals surface area contributed by atoms with Crippen molar-refractivity contribution in [3.63, 3.8) is 0 Å². The van der Waals surface area contributed by atoms with Crippen LogP contribution in [0.2, 0.25) is 0 Å². The van der Waals surface area contributed by atoms with Gasteiger partial charge in [-0.15, -0.1) is 11.3 Å². The molecule has 5 nitrogen and oxygen atoms in total. The number of nitrogens with one attached hydrogen (secondary N) is 1. The molecule has 1 aliphatic heterocycles. The molecule has 1 amide bonds. The molecule has 0 radical (unpaired) electrons. The second-order valence-corrected chi connectivity index (χ2v) is 7.40. The van der Waals surface area contributed by atoms with Gasteiger partial charge in [0.05, 0.1) is 0 Å². The summed E-state index contributed by atoms with van der Waals surface area (Å²) in [5, 5.41) is 3.58. The Hall–Kier alpha value is -1.14. The zero-order valence-electron chi connectivity index (χ0n) is 12.9. The first-order valence-electron chi connectivity index (χ1n) is 7.81. The van der Waals surface area contributed by atoms with Gasteiger partial charge >= 0.3 is 0 Å². The number of nitrogens with zero attached hydrogens (tertiary/aromatic N) is 3. The Balaban J connectivity index is 1.64. The van der Waals surface area contributed by atoms with Crippen molar-refractivity contribution in [1.82, 2.24) is 15.2 Å². The number of fused-ring (bicyclic) bond motifs is 1. The standard InChI is InChI=1S/C15H24N4OS/c1-18(2)9-7-16-14(20)15-17-13-12(21-15)4-3-8-19(13)10-11-5-6-11/h11H,3-10H2,1-2H3,(H,16,20). The van der Waals surface area contributed by atoms with E-state index in [-0.39, 0.29) is 5.91 Å². The lowest BCUT2D eigenvalue weighted by Gasteiger charge is -2.27. The maximum Gasteiger partial charge on any atom is 0.280 e. The van der Waals surface area contributed by atoms with Crippen LogP contribution in [0.1, 0.15) is 33.9 Å². The van der Waals surface area contributed by atoms with Crippen LogP contribution in [0, 0.1) is 5.92 Å². The number of carbonyl (C=O) groups excluding carboxylic acids is 1. The minimum absolute atomic E-state index is 0.0254. The van der Waals surface area contributed by atoms with Crippen molar-refractivity contribution in [1.29, 1.82) is 0 Å². The second-order valence-electron chi connectivity index (χ2n) is 6.32. The summed E-state index contributed by atoms with van der Waals surface area (Å²) in [5.41, 5.74) is 0. The van der Waals surface area contributed by atoms with Crippen LogP contribution in [0.5, 0.6) is 0 Å². The van der Waals surface area contributed by atoms with E-state index in [2.05, 4.69) is 20.1 Å². The van der Waals surface area contributed by atoms with Gasteiger partial charge in [0, 0.05) is 31.1 Å². The first-order chi connectivity index (χ1) is 10.1. The van der Waals surface area contributed by atoms with E-state index in [1.807, 2.05) is 14.1 Å². The molecule has 2 aliphatic rings. The van der Waals surface area contributed by atoms with Crippen LogP contribution in [0.15, 0.2) is 0 Å². The highest BCUT2D eigenvalue weighted by atomic mass is 32.1. The molecule has 0 saturated heterocycles. The van der Waals surface area contributed by atoms with Gasteiger partial charge in [0.15, 0.2) is 5.01 Å². The molecule has 0 unspecified atom stereocenters. The molecule has 21 heavy (non-hydrogen) atoms. The van der Waals surface area contributed by atoms with Gasteiger partial charge in [-0.2, -0.15) is 0 Å². The fourth-order valence-corrected chi connectivity index (χ4v) is 3.69. The van der Waals surface area contributed by atoms with Crippen LogP contribution in [0.25, 0.3) is 0 Å². The van der Waals surface area contributed by atoms with Crippen LogP contribution in [-0.4, -0.2) is 56.1 Å². The van der Waals surface area contributed by atoms with E-state index < -0.39 is 0 Å². The first-order valence-corrected chi connectivity index (χ1v) is 8.62. The predicted molar refractivity (Wildman–Crippen MR) is 86.3 cm³/mol. The molecule has 0 spiro atoms. The maximum atomic E-state index is 12.2. The molecule has 1 aliphatic carbocycles. The topological polar surface area (TPSA) is 48.5 Å². The molecule has 6 heteroatoms. The van der Waals surface area contributed by atoms with E-state index in [1.165, 1.54) is 24.1 Å². The van der Waals surface area contributed by atoms with Gasteiger partial charge in [0.25, 0.3) is 5.91 Å². The Morgan fingerprint density at radius 2 is 2.29 bits per heavy atom. The minimum atomic E-state index is -0.0254. The minimum Gasteiger partial charge on any atom is -0.355 e. The van der Waals surface area contributed by atoms with Crippen molar-refractivity contribution in [2.45, 2.75) is 25.7 Å². The molecule has 1 aromatic rings. The van der Waals surface area contributed by atoms with Crippen LogP contribution >= 0.6 is 11.3 Å². The van der Waals surface area contributed by atoms with E-state index in [4.69, 9.17) is 0 Å². The number of rotatable bonds is 6. The van der Waals surface area contributed by atoms with Gasteiger partial charge in [-0.1, -0.05) is 0 Å². The quantitative estimate of drug-likeness (QED) is 0.867. The number of likely N-dealkylation sites (N-methyl/N-ethyl adjacent to an activating group) is 1. The molecule has 116 valence electrons.